The van der Waals surface area contributed by atoms with Gasteiger partial charge in [0.2, 0.25) is 0 Å². The minimum Gasteiger partial charge on any atom is -0.478 e. The van der Waals surface area contributed by atoms with E-state index in [1.807, 2.05) is 24.3 Å². The number of hydrogen-bond acceptors (Lipinski definition) is 4. The van der Waals surface area contributed by atoms with E-state index in [1.54, 1.807) is 12.1 Å². The van der Waals surface area contributed by atoms with Crippen LogP contribution in [0, 0.1) is 12.8 Å². The van der Waals surface area contributed by atoms with Gasteiger partial charge in [0.1, 0.15) is 0 Å². The third-order valence-corrected chi connectivity index (χ3v) is 9.68. The Bertz CT molecular complexity index is 1070. The minimum atomic E-state index is -1.00. The van der Waals surface area contributed by atoms with Gasteiger partial charge in [-0.05, 0) is 59.1 Å². The van der Waals surface area contributed by atoms with Gasteiger partial charge in [0.15, 0.2) is 0 Å². The standard InChI is InChI=1S/C30H42O4S.C8H17.H3N.Ni/c1-7-9-11-17-29(3,4)21-13-15-23(27(31)32)25(19-21)35-26-20-22(14-16-24(26)28(33)34)30(5,6)18-12-10-8-2;1-4-6-7-8(3)5-2;;/h13-16,19-20H,7-12,17-18H2,1-6H3,(H,31,32)(H,33,34);8H,3-7H2,1-2H3;1H3;/q;-1;;. The zero-order valence-corrected chi connectivity index (χ0v) is 31.2. The van der Waals surface area contributed by atoms with Gasteiger partial charge >= 0.3 is 11.9 Å². The molecular formula is C38H62NNiO4S-. The molecule has 2 rings (SSSR count). The molecule has 0 saturated heterocycles. The molecule has 0 radical (unpaired) electrons. The van der Waals surface area contributed by atoms with E-state index in [-0.39, 0.29) is 44.6 Å². The molecule has 2 aromatic rings. The summed E-state index contributed by atoms with van der Waals surface area (Å²) in [5, 5.41) is 19.7. The molecule has 1 unspecified atom stereocenters. The van der Waals surface area contributed by atoms with Crippen LogP contribution < -0.4 is 6.15 Å². The monoisotopic (exact) mass is 686 g/mol. The maximum absolute atomic E-state index is 12.0. The summed E-state index contributed by atoms with van der Waals surface area (Å²) in [6.07, 6.45) is 14.1. The summed E-state index contributed by atoms with van der Waals surface area (Å²) in [5.41, 5.74) is 2.36. The maximum Gasteiger partial charge on any atom is 0.336 e. The van der Waals surface area contributed by atoms with Crippen molar-refractivity contribution in [1.29, 1.82) is 0 Å². The fraction of sp³-hybridized carbons (Fsp3) is 0.605. The molecule has 7 heteroatoms. The fourth-order valence-electron chi connectivity index (χ4n) is 5.15. The van der Waals surface area contributed by atoms with Crippen LogP contribution in [-0.2, 0) is 27.3 Å². The van der Waals surface area contributed by atoms with Crippen LogP contribution in [0.25, 0.3) is 0 Å². The molecule has 0 bridgehead atoms. The molecule has 1 atom stereocenters. The maximum atomic E-state index is 12.0. The zero-order chi connectivity index (χ0) is 32.6. The molecule has 0 spiro atoms. The van der Waals surface area contributed by atoms with E-state index < -0.39 is 11.9 Å². The molecular weight excluding hydrogens is 625 g/mol. The summed E-state index contributed by atoms with van der Waals surface area (Å²) < 4.78 is 0. The van der Waals surface area contributed by atoms with E-state index in [4.69, 9.17) is 0 Å². The summed E-state index contributed by atoms with van der Waals surface area (Å²) in [7, 11) is 0. The number of rotatable bonds is 18. The molecule has 0 aliphatic carbocycles. The van der Waals surface area contributed by atoms with Crippen molar-refractivity contribution in [3.8, 4) is 0 Å². The normalized spacial score (nSPS) is 11.8. The SMILES string of the molecule is CCCCCC(C)(C)c1ccc(C(=O)O)c(Sc2cc(C(C)(C)CCCCC)ccc2C(=O)O)c1.N.[CH2-]C(CC)CCCC.[Ni]. The topological polar surface area (TPSA) is 110 Å². The Morgan fingerprint density at radius 3 is 1.40 bits per heavy atom. The van der Waals surface area contributed by atoms with Crippen molar-refractivity contribution in [2.45, 2.75) is 153 Å². The van der Waals surface area contributed by atoms with E-state index in [0.717, 1.165) is 49.7 Å². The Morgan fingerprint density at radius 1 is 0.711 bits per heavy atom. The number of aromatic carboxylic acids is 2. The predicted molar refractivity (Wildman–Crippen MR) is 189 cm³/mol. The Kier molecular flexibility index (Phi) is 22.8. The van der Waals surface area contributed by atoms with Gasteiger partial charge < -0.3 is 23.3 Å². The molecule has 0 fully saturated rings. The smallest absolute Gasteiger partial charge is 0.336 e. The molecule has 0 heterocycles. The molecule has 0 aliphatic heterocycles. The summed E-state index contributed by atoms with van der Waals surface area (Å²) in [5.74, 6) is -1.30. The van der Waals surface area contributed by atoms with Crippen molar-refractivity contribution < 1.29 is 36.3 Å². The fourth-order valence-corrected chi connectivity index (χ4v) is 6.29. The Hall–Kier alpha value is -1.82. The molecule has 45 heavy (non-hydrogen) atoms. The first kappa shape index (κ1) is 45.3. The van der Waals surface area contributed by atoms with Gasteiger partial charge in [-0.2, -0.15) is 5.92 Å². The number of benzene rings is 2. The van der Waals surface area contributed by atoms with Crippen LogP contribution in [0.5, 0.6) is 0 Å². The van der Waals surface area contributed by atoms with Crippen LogP contribution in [0.3, 0.4) is 0 Å². The van der Waals surface area contributed by atoms with Crippen molar-refractivity contribution in [2.75, 3.05) is 0 Å². The van der Waals surface area contributed by atoms with E-state index in [2.05, 4.69) is 62.3 Å². The molecule has 0 saturated carbocycles. The molecule has 5 N–H and O–H groups in total. The molecule has 0 aliphatic rings. The second kappa shape index (κ2) is 22.7. The second-order valence-electron chi connectivity index (χ2n) is 13.2. The van der Waals surface area contributed by atoms with E-state index in [1.165, 1.54) is 50.3 Å². The number of unbranched alkanes of at least 4 members (excludes halogenated alkanes) is 5. The average Bonchev–Trinajstić information content (AvgIpc) is 2.96. The Morgan fingerprint density at radius 2 is 1.09 bits per heavy atom. The summed E-state index contributed by atoms with van der Waals surface area (Å²) in [6.45, 7) is 21.5. The largest absolute Gasteiger partial charge is 0.478 e. The summed E-state index contributed by atoms with van der Waals surface area (Å²) in [4.78, 5) is 25.3. The number of carbonyl (C=O) groups is 2. The van der Waals surface area contributed by atoms with Gasteiger partial charge in [-0.25, -0.2) is 9.59 Å². The van der Waals surface area contributed by atoms with Crippen LogP contribution in [0.1, 0.15) is 164 Å². The summed E-state index contributed by atoms with van der Waals surface area (Å²) >= 11 is 1.25. The molecule has 260 valence electrons. The third-order valence-electron chi connectivity index (χ3n) is 8.56. The van der Waals surface area contributed by atoms with Gasteiger partial charge in [-0.15, -0.1) is 0 Å². The molecule has 2 aromatic carbocycles. The van der Waals surface area contributed by atoms with Crippen LogP contribution in [0.15, 0.2) is 46.2 Å². The average molecular weight is 688 g/mol. The second-order valence-corrected chi connectivity index (χ2v) is 14.3. The van der Waals surface area contributed by atoms with Crippen LogP contribution >= 0.6 is 11.8 Å². The zero-order valence-electron chi connectivity index (χ0n) is 29.4. The predicted octanol–water partition coefficient (Wildman–Crippen LogP) is 12.1. The van der Waals surface area contributed by atoms with Crippen molar-refractivity contribution in [1.82, 2.24) is 6.15 Å². The molecule has 0 amide bonds. The Balaban J connectivity index is 0. The van der Waals surface area contributed by atoms with Crippen LogP contribution in [0.4, 0.5) is 0 Å². The van der Waals surface area contributed by atoms with Crippen molar-refractivity contribution in [2.24, 2.45) is 5.92 Å². The first-order valence-electron chi connectivity index (χ1n) is 16.5. The van der Waals surface area contributed by atoms with Crippen molar-refractivity contribution in [3.63, 3.8) is 0 Å². The van der Waals surface area contributed by atoms with Crippen molar-refractivity contribution in [3.05, 3.63) is 65.6 Å². The van der Waals surface area contributed by atoms with Crippen molar-refractivity contribution >= 4 is 23.7 Å². The van der Waals surface area contributed by atoms with Gasteiger partial charge in [0.05, 0.1) is 11.1 Å². The first-order valence-corrected chi connectivity index (χ1v) is 17.3. The van der Waals surface area contributed by atoms with Gasteiger partial charge in [0.25, 0.3) is 0 Å². The van der Waals surface area contributed by atoms with Crippen LogP contribution in [-0.4, -0.2) is 22.2 Å². The quantitative estimate of drug-likeness (QED) is 0.0817. The first-order chi connectivity index (χ1) is 20.2. The molecule has 5 nitrogen and oxygen atoms in total. The number of hydrogen-bond donors (Lipinski definition) is 3. The van der Waals surface area contributed by atoms with E-state index >= 15 is 0 Å². The van der Waals surface area contributed by atoms with Gasteiger partial charge in [-0.3, -0.25) is 0 Å². The van der Waals surface area contributed by atoms with Crippen LogP contribution in [0.2, 0.25) is 0 Å². The molecule has 0 aromatic heterocycles. The number of carboxylic acid groups (broad SMARTS) is 2. The van der Waals surface area contributed by atoms with E-state index in [9.17, 15) is 19.8 Å². The third kappa shape index (κ3) is 15.6. The minimum absolute atomic E-state index is 0. The number of carboxylic acids is 2. The van der Waals surface area contributed by atoms with E-state index in [0.29, 0.717) is 15.7 Å². The summed E-state index contributed by atoms with van der Waals surface area (Å²) in [6, 6.07) is 11.0. The van der Waals surface area contributed by atoms with Gasteiger partial charge in [0, 0.05) is 26.3 Å². The Labute approximate surface area is 289 Å². The van der Waals surface area contributed by atoms with Gasteiger partial charge in [-0.1, -0.05) is 143 Å².